The van der Waals surface area contributed by atoms with Gasteiger partial charge < -0.3 is 10.5 Å². The summed E-state index contributed by atoms with van der Waals surface area (Å²) in [7, 11) is 0. The molecule has 2 rings (SSSR count). The summed E-state index contributed by atoms with van der Waals surface area (Å²) in [5, 5.41) is 0. The minimum Gasteiger partial charge on any atom is -0.438 e. The van der Waals surface area contributed by atoms with Crippen LogP contribution in [0.5, 0.6) is 11.6 Å². The molecule has 0 amide bonds. The molecule has 2 aromatic rings. The molecule has 2 N–H and O–H groups in total. The maximum absolute atomic E-state index is 13.2. The first-order valence-corrected chi connectivity index (χ1v) is 6.74. The van der Waals surface area contributed by atoms with Crippen LogP contribution in [-0.4, -0.2) is 4.98 Å². The van der Waals surface area contributed by atoms with Crippen LogP contribution < -0.4 is 10.5 Å². The molecule has 1 heterocycles. The van der Waals surface area contributed by atoms with E-state index in [2.05, 4.69) is 20.9 Å². The first kappa shape index (κ1) is 14.0. The molecule has 0 saturated heterocycles. The molecule has 1 aromatic carbocycles. The first-order chi connectivity index (χ1) is 9.12. The van der Waals surface area contributed by atoms with Crippen LogP contribution in [0.15, 0.2) is 34.8 Å². The summed E-state index contributed by atoms with van der Waals surface area (Å²) in [5.74, 6) is 0.457. The quantitative estimate of drug-likeness (QED) is 0.930. The second-order valence-corrected chi connectivity index (χ2v) is 4.89. The van der Waals surface area contributed by atoms with Crippen LogP contribution in [0.4, 0.5) is 4.39 Å². The van der Waals surface area contributed by atoms with Gasteiger partial charge >= 0.3 is 0 Å². The second kappa shape index (κ2) is 6.12. The molecule has 0 atom stereocenters. The maximum atomic E-state index is 13.2. The number of rotatable bonds is 4. The van der Waals surface area contributed by atoms with Crippen molar-refractivity contribution >= 4 is 15.9 Å². The van der Waals surface area contributed by atoms with Gasteiger partial charge in [0.2, 0.25) is 5.88 Å². The van der Waals surface area contributed by atoms with Crippen LogP contribution >= 0.6 is 15.9 Å². The van der Waals surface area contributed by atoms with Gasteiger partial charge in [0.25, 0.3) is 0 Å². The molecule has 0 saturated carbocycles. The third-order valence-electron chi connectivity index (χ3n) is 2.62. The Kier molecular flexibility index (Phi) is 4.50. The average Bonchev–Trinajstić information content (AvgIpc) is 2.42. The average molecular weight is 325 g/mol. The van der Waals surface area contributed by atoms with E-state index in [1.54, 1.807) is 12.1 Å². The van der Waals surface area contributed by atoms with Crippen molar-refractivity contribution in [1.29, 1.82) is 0 Å². The van der Waals surface area contributed by atoms with Crippen molar-refractivity contribution in [1.82, 2.24) is 4.98 Å². The van der Waals surface area contributed by atoms with Crippen molar-refractivity contribution in [3.05, 3.63) is 51.9 Å². The monoisotopic (exact) mass is 324 g/mol. The summed E-state index contributed by atoms with van der Waals surface area (Å²) in [5.41, 5.74) is 7.47. The third kappa shape index (κ3) is 3.52. The molecule has 0 unspecified atom stereocenters. The Labute approximate surface area is 119 Å². The number of nitrogens with zero attached hydrogens (tertiary/aromatic N) is 1. The minimum atomic E-state index is -0.358. The van der Waals surface area contributed by atoms with Crippen molar-refractivity contribution in [2.75, 3.05) is 0 Å². The number of hydrogen-bond donors (Lipinski definition) is 1. The fourth-order valence-electron chi connectivity index (χ4n) is 1.64. The molecule has 3 nitrogen and oxygen atoms in total. The SMILES string of the molecule is CCc1cc(CN)cc(Oc2cc(F)ccc2Br)n1. The van der Waals surface area contributed by atoms with E-state index in [0.717, 1.165) is 17.7 Å². The van der Waals surface area contributed by atoms with Crippen molar-refractivity contribution in [3.63, 3.8) is 0 Å². The van der Waals surface area contributed by atoms with Gasteiger partial charge in [-0.05, 0) is 46.1 Å². The molecule has 0 fully saturated rings. The Bertz CT molecular complexity index is 567. The van der Waals surface area contributed by atoms with Gasteiger partial charge in [-0.25, -0.2) is 9.37 Å². The van der Waals surface area contributed by atoms with E-state index < -0.39 is 0 Å². The molecule has 19 heavy (non-hydrogen) atoms. The number of nitrogens with two attached hydrogens (primary N) is 1. The number of pyridine rings is 1. The summed E-state index contributed by atoms with van der Waals surface area (Å²) < 4.78 is 19.5. The Morgan fingerprint density at radius 1 is 1.32 bits per heavy atom. The third-order valence-corrected chi connectivity index (χ3v) is 3.28. The van der Waals surface area contributed by atoms with E-state index in [9.17, 15) is 4.39 Å². The number of ether oxygens (including phenoxy) is 1. The maximum Gasteiger partial charge on any atom is 0.219 e. The highest BCUT2D eigenvalue weighted by atomic mass is 79.9. The summed E-state index contributed by atoms with van der Waals surface area (Å²) >= 11 is 3.31. The lowest BCUT2D eigenvalue weighted by Crippen LogP contribution is -2.01. The summed E-state index contributed by atoms with van der Waals surface area (Å²) in [6.07, 6.45) is 0.786. The van der Waals surface area contributed by atoms with E-state index in [1.165, 1.54) is 12.1 Å². The van der Waals surface area contributed by atoms with Gasteiger partial charge in [0.15, 0.2) is 0 Å². The lowest BCUT2D eigenvalue weighted by atomic mass is 10.2. The van der Waals surface area contributed by atoms with Crippen LogP contribution in [0, 0.1) is 5.82 Å². The highest BCUT2D eigenvalue weighted by molar-refractivity contribution is 9.10. The molecule has 0 radical (unpaired) electrons. The molecule has 100 valence electrons. The number of halogens is 2. The Morgan fingerprint density at radius 3 is 2.79 bits per heavy atom. The van der Waals surface area contributed by atoms with Crippen LogP contribution in [0.3, 0.4) is 0 Å². The zero-order valence-corrected chi connectivity index (χ0v) is 12.1. The zero-order chi connectivity index (χ0) is 13.8. The molecule has 0 aliphatic heterocycles. The molecule has 0 spiro atoms. The van der Waals surface area contributed by atoms with Gasteiger partial charge in [0.1, 0.15) is 11.6 Å². The first-order valence-electron chi connectivity index (χ1n) is 5.95. The van der Waals surface area contributed by atoms with Gasteiger partial charge in [-0.2, -0.15) is 0 Å². The zero-order valence-electron chi connectivity index (χ0n) is 10.5. The van der Waals surface area contributed by atoms with Gasteiger partial charge in [-0.15, -0.1) is 0 Å². The van der Waals surface area contributed by atoms with Gasteiger partial charge in [-0.3, -0.25) is 0 Å². The van der Waals surface area contributed by atoms with Crippen LogP contribution in [0.1, 0.15) is 18.2 Å². The fourth-order valence-corrected chi connectivity index (χ4v) is 1.97. The Hall–Kier alpha value is -1.46. The normalized spacial score (nSPS) is 10.5. The predicted octanol–water partition coefficient (Wildman–Crippen LogP) is 3.80. The standard InChI is InChI=1S/C14H14BrFN2O/c1-2-11-5-9(8-17)6-14(18-11)19-13-7-10(16)3-4-12(13)15/h3-7H,2,8,17H2,1H3. The van der Waals surface area contributed by atoms with E-state index in [4.69, 9.17) is 10.5 Å². The number of aryl methyl sites for hydroxylation is 1. The molecule has 0 bridgehead atoms. The lowest BCUT2D eigenvalue weighted by Gasteiger charge is -2.10. The molecular weight excluding hydrogens is 311 g/mol. The van der Waals surface area contributed by atoms with E-state index in [1.807, 2.05) is 13.0 Å². The van der Waals surface area contributed by atoms with Crippen molar-refractivity contribution in [2.24, 2.45) is 5.73 Å². The Balaban J connectivity index is 2.34. The minimum absolute atomic E-state index is 0.358. The molecular formula is C14H14BrFN2O. The van der Waals surface area contributed by atoms with Crippen molar-refractivity contribution < 1.29 is 9.13 Å². The summed E-state index contributed by atoms with van der Waals surface area (Å²) in [6, 6.07) is 7.97. The van der Waals surface area contributed by atoms with E-state index in [0.29, 0.717) is 22.6 Å². The molecule has 0 aliphatic rings. The molecule has 0 aliphatic carbocycles. The van der Waals surface area contributed by atoms with Gasteiger partial charge in [0.05, 0.1) is 4.47 Å². The second-order valence-electron chi connectivity index (χ2n) is 4.04. The van der Waals surface area contributed by atoms with Crippen molar-refractivity contribution in [3.8, 4) is 11.6 Å². The van der Waals surface area contributed by atoms with Gasteiger partial charge in [0, 0.05) is 24.4 Å². The van der Waals surface area contributed by atoms with Crippen molar-refractivity contribution in [2.45, 2.75) is 19.9 Å². The van der Waals surface area contributed by atoms with Gasteiger partial charge in [-0.1, -0.05) is 6.92 Å². The number of aromatic nitrogens is 1. The lowest BCUT2D eigenvalue weighted by molar-refractivity contribution is 0.452. The predicted molar refractivity (Wildman–Crippen MR) is 75.7 cm³/mol. The fraction of sp³-hybridized carbons (Fsp3) is 0.214. The van der Waals surface area contributed by atoms with E-state index >= 15 is 0 Å². The number of hydrogen-bond acceptors (Lipinski definition) is 3. The van der Waals surface area contributed by atoms with Crippen LogP contribution in [-0.2, 0) is 13.0 Å². The van der Waals surface area contributed by atoms with Crippen LogP contribution in [0.25, 0.3) is 0 Å². The topological polar surface area (TPSA) is 48.1 Å². The number of benzene rings is 1. The largest absolute Gasteiger partial charge is 0.438 e. The smallest absolute Gasteiger partial charge is 0.219 e. The van der Waals surface area contributed by atoms with Crippen LogP contribution in [0.2, 0.25) is 0 Å². The highest BCUT2D eigenvalue weighted by Gasteiger charge is 2.07. The highest BCUT2D eigenvalue weighted by Crippen LogP contribution is 2.30. The summed E-state index contributed by atoms with van der Waals surface area (Å²) in [6.45, 7) is 2.42. The summed E-state index contributed by atoms with van der Waals surface area (Å²) in [4.78, 5) is 4.34. The Morgan fingerprint density at radius 2 is 2.11 bits per heavy atom. The molecule has 5 heteroatoms. The molecule has 1 aromatic heterocycles. The van der Waals surface area contributed by atoms with E-state index in [-0.39, 0.29) is 5.82 Å².